The van der Waals surface area contributed by atoms with Crippen molar-refractivity contribution in [1.29, 1.82) is 0 Å². The fourth-order valence-electron chi connectivity index (χ4n) is 2.52. The molecule has 114 valence electrons. The summed E-state index contributed by atoms with van der Waals surface area (Å²) < 4.78 is 5.75. The largest absolute Gasteiger partial charge is 0.457 e. The number of carbonyl (C=O) groups excluding carboxylic acids is 1. The molecule has 0 aliphatic carbocycles. The van der Waals surface area contributed by atoms with Gasteiger partial charge in [-0.25, -0.2) is 0 Å². The number of thiol groups is 1. The van der Waals surface area contributed by atoms with E-state index in [9.17, 15) is 4.79 Å². The highest BCUT2D eigenvalue weighted by molar-refractivity contribution is 7.80. The van der Waals surface area contributed by atoms with Crippen LogP contribution >= 0.6 is 12.6 Å². The van der Waals surface area contributed by atoms with Gasteiger partial charge in [0.05, 0.1) is 0 Å². The first-order valence-electron chi connectivity index (χ1n) is 7.20. The van der Waals surface area contributed by atoms with Crippen molar-refractivity contribution >= 4 is 29.9 Å². The van der Waals surface area contributed by atoms with Gasteiger partial charge in [-0.15, -0.1) is 0 Å². The fraction of sp³-hybridized carbons (Fsp3) is 0.235. The maximum absolute atomic E-state index is 12.0. The molecule has 1 amide bonds. The molecule has 5 heteroatoms. The molecule has 1 unspecified atom stereocenters. The van der Waals surface area contributed by atoms with Crippen molar-refractivity contribution in [3.05, 3.63) is 48.5 Å². The first kappa shape index (κ1) is 14.8. The van der Waals surface area contributed by atoms with Gasteiger partial charge in [0, 0.05) is 24.3 Å². The summed E-state index contributed by atoms with van der Waals surface area (Å²) in [7, 11) is 0. The molecule has 1 atom stereocenters. The molecular formula is C17H18N2O2S. The number of nitrogen functional groups attached to an aromatic ring is 1. The van der Waals surface area contributed by atoms with E-state index >= 15 is 0 Å². The van der Waals surface area contributed by atoms with E-state index in [-0.39, 0.29) is 5.91 Å². The second kappa shape index (κ2) is 6.32. The molecule has 2 aromatic carbocycles. The maximum atomic E-state index is 12.0. The summed E-state index contributed by atoms with van der Waals surface area (Å²) in [6.07, 6.45) is 0.577. The van der Waals surface area contributed by atoms with Crippen LogP contribution < -0.4 is 15.4 Å². The number of anilines is 2. The number of nitrogens with two attached hydrogens (primary N) is 1. The lowest BCUT2D eigenvalue weighted by atomic mass is 10.1. The monoisotopic (exact) mass is 314 g/mol. The van der Waals surface area contributed by atoms with Crippen molar-refractivity contribution < 1.29 is 9.53 Å². The van der Waals surface area contributed by atoms with Gasteiger partial charge < -0.3 is 15.4 Å². The second-order valence-electron chi connectivity index (χ2n) is 5.42. The van der Waals surface area contributed by atoms with Gasteiger partial charge in [-0.05, 0) is 60.2 Å². The molecule has 0 spiro atoms. The topological polar surface area (TPSA) is 55.6 Å². The Morgan fingerprint density at radius 1 is 1.09 bits per heavy atom. The zero-order valence-electron chi connectivity index (χ0n) is 12.1. The van der Waals surface area contributed by atoms with E-state index in [1.165, 1.54) is 0 Å². The first-order chi connectivity index (χ1) is 10.7. The fourth-order valence-corrected chi connectivity index (χ4v) is 2.76. The molecule has 1 aliphatic rings. The van der Waals surface area contributed by atoms with Gasteiger partial charge in [0.25, 0.3) is 0 Å². The van der Waals surface area contributed by atoms with Gasteiger partial charge in [-0.2, -0.15) is 12.6 Å². The Bertz CT molecular complexity index is 655. The Morgan fingerprint density at radius 2 is 1.68 bits per heavy atom. The Labute approximate surface area is 135 Å². The third-order valence-electron chi connectivity index (χ3n) is 3.73. The molecule has 1 saturated heterocycles. The zero-order chi connectivity index (χ0) is 15.5. The summed E-state index contributed by atoms with van der Waals surface area (Å²) in [5.41, 5.74) is 7.25. The number of hydrogen-bond donors (Lipinski definition) is 2. The number of rotatable bonds is 4. The van der Waals surface area contributed by atoms with Crippen LogP contribution in [0.2, 0.25) is 0 Å². The molecule has 1 heterocycles. The molecule has 22 heavy (non-hydrogen) atoms. The van der Waals surface area contributed by atoms with Gasteiger partial charge in [0.2, 0.25) is 5.91 Å². The van der Waals surface area contributed by atoms with Crippen molar-refractivity contribution in [2.45, 2.75) is 6.42 Å². The van der Waals surface area contributed by atoms with Crippen LogP contribution in [0.15, 0.2) is 48.5 Å². The third kappa shape index (κ3) is 3.20. The van der Waals surface area contributed by atoms with Crippen LogP contribution in [0, 0.1) is 5.92 Å². The molecule has 1 fully saturated rings. The minimum absolute atomic E-state index is 0.159. The van der Waals surface area contributed by atoms with Crippen LogP contribution in [0.1, 0.15) is 6.42 Å². The molecule has 0 radical (unpaired) electrons. The van der Waals surface area contributed by atoms with Crippen LogP contribution in [-0.2, 0) is 4.79 Å². The first-order valence-corrected chi connectivity index (χ1v) is 7.83. The van der Waals surface area contributed by atoms with Crippen LogP contribution in [0.5, 0.6) is 11.5 Å². The number of hydrogen-bond acceptors (Lipinski definition) is 4. The van der Waals surface area contributed by atoms with Gasteiger partial charge in [-0.1, -0.05) is 0 Å². The average Bonchev–Trinajstić information content (AvgIpc) is 2.91. The Kier molecular flexibility index (Phi) is 4.24. The lowest BCUT2D eigenvalue weighted by molar-refractivity contribution is -0.117. The third-order valence-corrected chi connectivity index (χ3v) is 4.24. The van der Waals surface area contributed by atoms with E-state index in [0.29, 0.717) is 18.0 Å². The number of carbonyl (C=O) groups is 1. The second-order valence-corrected chi connectivity index (χ2v) is 5.79. The van der Waals surface area contributed by atoms with E-state index < -0.39 is 0 Å². The van der Waals surface area contributed by atoms with Crippen LogP contribution in [0.3, 0.4) is 0 Å². The molecule has 3 rings (SSSR count). The van der Waals surface area contributed by atoms with Crippen molar-refractivity contribution in [2.24, 2.45) is 5.92 Å². The molecule has 2 aromatic rings. The van der Waals surface area contributed by atoms with Crippen molar-refractivity contribution in [3.63, 3.8) is 0 Å². The maximum Gasteiger partial charge on any atom is 0.227 e. The van der Waals surface area contributed by atoms with Crippen LogP contribution in [-0.4, -0.2) is 18.2 Å². The molecule has 0 bridgehead atoms. The van der Waals surface area contributed by atoms with Gasteiger partial charge in [-0.3, -0.25) is 4.79 Å². The molecular weight excluding hydrogens is 296 g/mol. The van der Waals surface area contributed by atoms with Crippen molar-refractivity contribution in [2.75, 3.05) is 22.9 Å². The predicted molar refractivity (Wildman–Crippen MR) is 91.7 cm³/mol. The molecule has 2 N–H and O–H groups in total. The number of benzene rings is 2. The summed E-state index contributed by atoms with van der Waals surface area (Å²) in [4.78, 5) is 13.8. The van der Waals surface area contributed by atoms with E-state index in [2.05, 4.69) is 12.6 Å². The quantitative estimate of drug-likeness (QED) is 0.672. The van der Waals surface area contributed by atoms with E-state index in [1.54, 1.807) is 12.1 Å². The lowest BCUT2D eigenvalue weighted by Gasteiger charge is -2.17. The van der Waals surface area contributed by atoms with E-state index in [1.807, 2.05) is 41.3 Å². The molecule has 4 nitrogen and oxygen atoms in total. The highest BCUT2D eigenvalue weighted by Crippen LogP contribution is 2.29. The van der Waals surface area contributed by atoms with Gasteiger partial charge >= 0.3 is 0 Å². The van der Waals surface area contributed by atoms with Crippen molar-refractivity contribution in [1.82, 2.24) is 0 Å². The SMILES string of the molecule is Nc1ccc(Oc2ccc(N3CC(CS)CC3=O)cc2)cc1. The van der Waals surface area contributed by atoms with Gasteiger partial charge in [0.15, 0.2) is 0 Å². The van der Waals surface area contributed by atoms with E-state index in [0.717, 1.165) is 29.5 Å². The molecule has 1 aliphatic heterocycles. The minimum atomic E-state index is 0.159. The summed E-state index contributed by atoms with van der Waals surface area (Å²) in [5, 5.41) is 0. The summed E-state index contributed by atoms with van der Waals surface area (Å²) in [6, 6.07) is 14.8. The predicted octanol–water partition coefficient (Wildman–Crippen LogP) is 3.34. The normalized spacial score (nSPS) is 17.8. The highest BCUT2D eigenvalue weighted by atomic mass is 32.1. The average molecular weight is 314 g/mol. The van der Waals surface area contributed by atoms with E-state index in [4.69, 9.17) is 10.5 Å². The number of nitrogens with zero attached hydrogens (tertiary/aromatic N) is 1. The smallest absolute Gasteiger partial charge is 0.227 e. The summed E-state index contributed by atoms with van der Waals surface area (Å²) in [5.74, 6) is 2.69. The number of amides is 1. The Balaban J connectivity index is 1.70. The zero-order valence-corrected chi connectivity index (χ0v) is 13.0. The highest BCUT2D eigenvalue weighted by Gasteiger charge is 2.29. The molecule has 0 aromatic heterocycles. The Hall–Kier alpha value is -2.14. The van der Waals surface area contributed by atoms with Crippen LogP contribution in [0.4, 0.5) is 11.4 Å². The Morgan fingerprint density at radius 3 is 2.23 bits per heavy atom. The standard InChI is InChI=1S/C17H18N2O2S/c18-13-1-5-15(6-2-13)21-16-7-3-14(4-8-16)19-10-12(11-22)9-17(19)20/h1-8,12,22H,9-11,18H2. The minimum Gasteiger partial charge on any atom is -0.457 e. The number of ether oxygens (including phenoxy) is 1. The lowest BCUT2D eigenvalue weighted by Crippen LogP contribution is -2.24. The van der Waals surface area contributed by atoms with Crippen LogP contribution in [0.25, 0.3) is 0 Å². The molecule has 0 saturated carbocycles. The van der Waals surface area contributed by atoms with Gasteiger partial charge in [0.1, 0.15) is 11.5 Å². The van der Waals surface area contributed by atoms with Crippen molar-refractivity contribution in [3.8, 4) is 11.5 Å². The summed E-state index contributed by atoms with van der Waals surface area (Å²) >= 11 is 4.28. The summed E-state index contributed by atoms with van der Waals surface area (Å²) in [6.45, 7) is 0.737.